The van der Waals surface area contributed by atoms with Crippen molar-refractivity contribution in [1.29, 1.82) is 0 Å². The molecule has 0 spiro atoms. The number of nitrogens with two attached hydrogens (primary N) is 2. The predicted molar refractivity (Wildman–Crippen MR) is 211 cm³/mol. The number of benzene rings is 1. The molecule has 0 bridgehead atoms. The van der Waals surface area contributed by atoms with Crippen molar-refractivity contribution in [3.05, 3.63) is 35.9 Å². The summed E-state index contributed by atoms with van der Waals surface area (Å²) in [6, 6.07) is 4.42. The molecule has 2 aliphatic rings. The number of alkyl halides is 1. The molecule has 61 heavy (non-hydrogen) atoms. The highest BCUT2D eigenvalue weighted by Gasteiger charge is 2.46. The van der Waals surface area contributed by atoms with Crippen LogP contribution in [0.5, 0.6) is 0 Å². The van der Waals surface area contributed by atoms with Crippen LogP contribution < -0.4 is 43.4 Å². The summed E-state index contributed by atoms with van der Waals surface area (Å²) in [5, 5.41) is 55.3. The molecule has 0 aromatic heterocycles. The van der Waals surface area contributed by atoms with E-state index in [4.69, 9.17) is 16.2 Å². The summed E-state index contributed by atoms with van der Waals surface area (Å²) in [4.78, 5) is 108. The van der Waals surface area contributed by atoms with Gasteiger partial charge in [0.2, 0.25) is 23.6 Å². The highest BCUT2D eigenvalue weighted by molar-refractivity contribution is 5.98. The van der Waals surface area contributed by atoms with Crippen molar-refractivity contribution in [2.24, 2.45) is 22.4 Å². The van der Waals surface area contributed by atoms with Gasteiger partial charge < -0.3 is 68.5 Å². The molecule has 0 radical (unpaired) electrons. The van der Waals surface area contributed by atoms with Crippen LogP contribution in [0.25, 0.3) is 0 Å². The zero-order valence-corrected chi connectivity index (χ0v) is 33.6. The van der Waals surface area contributed by atoms with Gasteiger partial charge in [0.25, 0.3) is 11.8 Å². The number of nitrogens with zero attached hydrogens (tertiary/aromatic N) is 1. The first-order valence-corrected chi connectivity index (χ1v) is 19.8. The molecule has 6 amide bonds. The first kappa shape index (κ1) is 49.6. The molecule has 0 saturated carbocycles. The van der Waals surface area contributed by atoms with Gasteiger partial charge in [0, 0.05) is 32.0 Å². The first-order chi connectivity index (χ1) is 28.9. The molecular weight excluding hydrogens is 808 g/mol. The highest BCUT2D eigenvalue weighted by Crippen LogP contribution is 2.22. The van der Waals surface area contributed by atoms with E-state index in [1.807, 2.05) is 0 Å². The number of rotatable bonds is 17. The molecule has 2 aliphatic heterocycles. The fourth-order valence-corrected chi connectivity index (χ4v) is 6.56. The number of carboxylic acid groups (broad SMARTS) is 1. The number of carbonyl (C=O) groups is 8. The number of aliphatic hydroxyl groups excluding tert-OH is 3. The maximum atomic E-state index is 14.0. The van der Waals surface area contributed by atoms with Crippen LogP contribution in [0.2, 0.25) is 0 Å². The Morgan fingerprint density at radius 2 is 1.52 bits per heavy atom. The third-order valence-corrected chi connectivity index (χ3v) is 9.91. The molecule has 1 aromatic carbocycles. The lowest BCUT2D eigenvalue weighted by molar-refractivity contribution is -0.219. The molecule has 22 nitrogen and oxygen atoms in total. The van der Waals surface area contributed by atoms with Crippen LogP contribution in [0, 0.1) is 5.92 Å². The molecule has 0 aliphatic carbocycles. The van der Waals surface area contributed by atoms with E-state index < -0.39 is 134 Å². The summed E-state index contributed by atoms with van der Waals surface area (Å²) in [7, 11) is 0. The van der Waals surface area contributed by atoms with Crippen LogP contribution in [0.3, 0.4) is 0 Å². The van der Waals surface area contributed by atoms with Gasteiger partial charge in [-0.15, -0.1) is 0 Å². The van der Waals surface area contributed by atoms with E-state index in [1.165, 1.54) is 0 Å². The number of halogens is 1. The van der Waals surface area contributed by atoms with Crippen molar-refractivity contribution in [3.63, 3.8) is 0 Å². The number of hydrogen-bond acceptors (Lipinski definition) is 13. The predicted octanol–water partition coefficient (Wildman–Crippen LogP) is -4.47. The lowest BCUT2D eigenvalue weighted by Gasteiger charge is -2.40. The van der Waals surface area contributed by atoms with Gasteiger partial charge in [-0.2, -0.15) is 0 Å². The van der Waals surface area contributed by atoms with E-state index in [-0.39, 0.29) is 57.6 Å². The van der Waals surface area contributed by atoms with E-state index in [0.29, 0.717) is 5.56 Å². The Kier molecular flexibility index (Phi) is 19.9. The zero-order chi connectivity index (χ0) is 45.2. The number of carboxylic acids is 1. The summed E-state index contributed by atoms with van der Waals surface area (Å²) in [6.07, 6.45) is -11.4. The van der Waals surface area contributed by atoms with Crippen molar-refractivity contribution in [3.8, 4) is 0 Å². The van der Waals surface area contributed by atoms with Gasteiger partial charge in [-0.05, 0) is 51.0 Å². The van der Waals surface area contributed by atoms with E-state index in [2.05, 4.69) is 36.9 Å². The fraction of sp³-hybridized carbons (Fsp3) is 0.605. The average molecular weight is 865 g/mol. The van der Waals surface area contributed by atoms with Crippen molar-refractivity contribution in [1.82, 2.24) is 31.9 Å². The molecule has 14 N–H and O–H groups in total. The molecular formula is C38H56FN9O13. The highest BCUT2D eigenvalue weighted by atomic mass is 18.2. The minimum Gasteiger partial charge on any atom is -0.481 e. The largest absolute Gasteiger partial charge is 0.481 e. The lowest BCUT2D eigenvalue weighted by atomic mass is 9.90. The average Bonchev–Trinajstić information content (AvgIpc) is 3.21. The van der Waals surface area contributed by atoms with E-state index >= 15 is 0 Å². The Morgan fingerprint density at radius 1 is 0.869 bits per heavy atom. The van der Waals surface area contributed by atoms with Crippen molar-refractivity contribution >= 4 is 53.2 Å². The molecule has 1 unspecified atom stereocenters. The maximum absolute atomic E-state index is 14.0. The number of amides is 6. The van der Waals surface area contributed by atoms with Crippen LogP contribution in [0.4, 0.5) is 4.39 Å². The maximum Gasteiger partial charge on any atom is 0.305 e. The number of Topliss-reactive ketones (excluding diaryl/α,β-unsaturated/α-hetero) is 1. The Morgan fingerprint density at radius 3 is 2.18 bits per heavy atom. The molecule has 2 fully saturated rings. The van der Waals surface area contributed by atoms with Gasteiger partial charge in [-0.3, -0.25) is 43.3 Å². The molecule has 2 heterocycles. The van der Waals surface area contributed by atoms with Gasteiger partial charge in [0.15, 0.2) is 24.0 Å². The number of aliphatic carboxylic acids is 1. The standard InChI is InChI=1S/C38H56FN9O13/c1-19(39)33(56)44-17-26-29(53)30(54)31(55)32(61-26)37(60)42-12-6-5-10-23-36(59)48-22(11-7-13-43-38(40)41)35(58)45-18-27(50)46-24(16-28(51)52)25(49)15-21(34(57)47-23)14-20-8-3-2-4-9-20/h2-4,8-9,19,21-24,26,29-32,53-55H,5-7,10-18H2,1H3,(H,42,60)(H,44,56)(H,45,58)(H,46,50)(H,47,57)(H,48,59)(H,51,52)(H4,40,41,43)/t19?,21-,22-,23-,24-,26-,29-,30+,31+,32-/m0/s1/i39-1. The number of aliphatic hydroxyl groups is 3. The smallest absolute Gasteiger partial charge is 0.305 e. The van der Waals surface area contributed by atoms with Gasteiger partial charge in [-0.1, -0.05) is 30.3 Å². The number of carbonyl (C=O) groups excluding carboxylic acids is 7. The van der Waals surface area contributed by atoms with Gasteiger partial charge >= 0.3 is 5.97 Å². The minimum absolute atomic E-state index is 0.0109. The van der Waals surface area contributed by atoms with Crippen molar-refractivity contribution < 1.29 is 67.9 Å². The molecule has 23 heteroatoms. The normalized spacial score (nSPS) is 27.1. The number of hydrogen-bond donors (Lipinski definition) is 12. The second-order valence-electron chi connectivity index (χ2n) is 14.8. The summed E-state index contributed by atoms with van der Waals surface area (Å²) in [5.74, 6) is -8.73. The summed E-state index contributed by atoms with van der Waals surface area (Å²) >= 11 is 0. The number of nitrogens with one attached hydrogen (secondary N) is 6. The molecule has 2 saturated heterocycles. The van der Waals surface area contributed by atoms with Gasteiger partial charge in [0.1, 0.15) is 36.5 Å². The zero-order valence-electron chi connectivity index (χ0n) is 33.6. The second-order valence-corrected chi connectivity index (χ2v) is 14.8. The summed E-state index contributed by atoms with van der Waals surface area (Å²) < 4.78 is 18.8. The molecule has 3 rings (SSSR count). The quantitative estimate of drug-likeness (QED) is 0.0399. The number of ether oxygens (including phenoxy) is 1. The Labute approximate surface area is 350 Å². The Balaban J connectivity index is 1.82. The monoisotopic (exact) mass is 864 g/mol. The van der Waals surface area contributed by atoms with E-state index in [9.17, 15) is 63.2 Å². The molecule has 338 valence electrons. The number of guanidine groups is 1. The van der Waals surface area contributed by atoms with Crippen molar-refractivity contribution in [2.75, 3.05) is 26.2 Å². The van der Waals surface area contributed by atoms with Gasteiger partial charge in [-0.25, -0.2) is 4.39 Å². The Bertz CT molecular complexity index is 1730. The van der Waals surface area contributed by atoms with Crippen LogP contribution in [-0.4, -0.2) is 155 Å². The SMILES string of the molecule is CC([18F])C(=O)NC[C@@H]1O[C@H](C(=O)NCCCC[C@@H]2NC(=O)[C@@H](Cc3ccccc3)CC(=O)[C@H](CC(=O)O)NC(=O)CNC(=O)[C@H](CCCN=C(N)N)NC2=O)[C@H](O)[C@H](O)[C@H]1O. The van der Waals surface area contributed by atoms with Crippen LogP contribution in [-0.2, 0) is 49.5 Å². The summed E-state index contributed by atoms with van der Waals surface area (Å²) in [6.45, 7) is -0.184. The van der Waals surface area contributed by atoms with Crippen LogP contribution >= 0.6 is 0 Å². The number of unbranched alkanes of at least 4 members (excludes halogenated alkanes) is 1. The first-order valence-electron chi connectivity index (χ1n) is 19.8. The van der Waals surface area contributed by atoms with Crippen LogP contribution in [0.1, 0.15) is 57.4 Å². The minimum atomic E-state index is -1.88. The van der Waals surface area contributed by atoms with E-state index in [0.717, 1.165) is 6.92 Å². The van der Waals surface area contributed by atoms with Crippen molar-refractivity contribution in [2.45, 2.75) is 113 Å². The molecule has 1 aromatic rings. The topological polar surface area (TPSA) is 363 Å². The molecule has 10 atom stereocenters. The summed E-state index contributed by atoms with van der Waals surface area (Å²) in [5.41, 5.74) is 11.4. The van der Waals surface area contributed by atoms with Crippen LogP contribution in [0.15, 0.2) is 35.3 Å². The number of aliphatic imine (C=N–C) groups is 1. The fourth-order valence-electron chi connectivity index (χ4n) is 6.56. The van der Waals surface area contributed by atoms with E-state index in [1.54, 1.807) is 30.3 Å². The lowest BCUT2D eigenvalue weighted by Crippen LogP contribution is -2.63. The second kappa shape index (κ2) is 24.5. The third kappa shape index (κ3) is 16.3. The Hall–Kier alpha value is -5.78. The van der Waals surface area contributed by atoms with Gasteiger partial charge in [0.05, 0.1) is 19.0 Å². The third-order valence-electron chi connectivity index (χ3n) is 9.91. The number of ketones is 1.